The van der Waals surface area contributed by atoms with Crippen LogP contribution in [0.5, 0.6) is 0 Å². The van der Waals surface area contributed by atoms with Gasteiger partial charge in [-0.2, -0.15) is 5.10 Å². The Bertz CT molecular complexity index is 987. The van der Waals surface area contributed by atoms with E-state index < -0.39 is 12.2 Å². The van der Waals surface area contributed by atoms with Gasteiger partial charge < -0.3 is 10.2 Å². The lowest BCUT2D eigenvalue weighted by Gasteiger charge is -2.35. The first-order valence-electron chi connectivity index (χ1n) is 10.1. The van der Waals surface area contributed by atoms with Crippen LogP contribution in [0.2, 0.25) is 0 Å². The van der Waals surface area contributed by atoms with Crippen molar-refractivity contribution in [2.24, 2.45) is 5.92 Å². The van der Waals surface area contributed by atoms with Crippen molar-refractivity contribution in [3.05, 3.63) is 48.4 Å². The van der Waals surface area contributed by atoms with Gasteiger partial charge in [-0.15, -0.1) is 0 Å². The monoisotopic (exact) mass is 395 g/mol. The summed E-state index contributed by atoms with van der Waals surface area (Å²) in [5.74, 6) is 0.155. The van der Waals surface area contributed by atoms with E-state index in [1.165, 1.54) is 0 Å². The van der Waals surface area contributed by atoms with Gasteiger partial charge in [0.05, 0.1) is 11.6 Å². The highest BCUT2D eigenvalue weighted by molar-refractivity contribution is 6.05. The van der Waals surface area contributed by atoms with Gasteiger partial charge in [0.25, 0.3) is 5.91 Å². The molecule has 1 fully saturated rings. The van der Waals surface area contributed by atoms with E-state index in [-0.39, 0.29) is 5.91 Å². The summed E-state index contributed by atoms with van der Waals surface area (Å²) < 4.78 is 14.7. The van der Waals surface area contributed by atoms with Crippen LogP contribution in [0.3, 0.4) is 0 Å². The Kier molecular flexibility index (Phi) is 5.58. The lowest BCUT2D eigenvalue weighted by atomic mass is 10.0. The Morgan fingerprint density at radius 1 is 1.34 bits per heavy atom. The highest BCUT2D eigenvalue weighted by atomic mass is 19.1. The van der Waals surface area contributed by atoms with E-state index in [9.17, 15) is 9.18 Å². The standard InChI is InChI=1S/C22H26FN5O/c1-14(2)12-28-9-7-20(18(23)13-28)25-22(29)21-17-10-15(5-6-19(17)26-27-21)16-4-3-8-24-11-16/h3-6,8,10-11,14,18,20H,7,9,12-13H2,1-2H3,(H,25,29)(H,26,27)/t18-,20-/m0/s1. The van der Waals surface area contributed by atoms with Crippen LogP contribution >= 0.6 is 0 Å². The summed E-state index contributed by atoms with van der Waals surface area (Å²) in [5, 5.41) is 10.7. The lowest BCUT2D eigenvalue weighted by Crippen LogP contribution is -2.53. The molecule has 1 aliphatic rings. The van der Waals surface area contributed by atoms with Crippen LogP contribution in [0.25, 0.3) is 22.0 Å². The van der Waals surface area contributed by atoms with Crippen molar-refractivity contribution in [3.63, 3.8) is 0 Å². The van der Waals surface area contributed by atoms with E-state index in [1.54, 1.807) is 12.4 Å². The second kappa shape index (κ2) is 8.29. The molecular weight excluding hydrogens is 369 g/mol. The number of carbonyl (C=O) groups excluding carboxylic acids is 1. The van der Waals surface area contributed by atoms with Crippen LogP contribution in [0.4, 0.5) is 4.39 Å². The first kappa shape index (κ1) is 19.5. The van der Waals surface area contributed by atoms with Crippen molar-refractivity contribution < 1.29 is 9.18 Å². The average molecular weight is 395 g/mol. The minimum atomic E-state index is -1.08. The molecule has 3 aromatic rings. The van der Waals surface area contributed by atoms with Crippen LogP contribution in [0.15, 0.2) is 42.7 Å². The summed E-state index contributed by atoms with van der Waals surface area (Å²) in [7, 11) is 0. The minimum Gasteiger partial charge on any atom is -0.345 e. The highest BCUT2D eigenvalue weighted by Crippen LogP contribution is 2.25. The van der Waals surface area contributed by atoms with E-state index >= 15 is 0 Å². The van der Waals surface area contributed by atoms with Crippen molar-refractivity contribution in [2.75, 3.05) is 19.6 Å². The van der Waals surface area contributed by atoms with Crippen molar-refractivity contribution in [2.45, 2.75) is 32.5 Å². The number of amides is 1. The van der Waals surface area contributed by atoms with Crippen LogP contribution < -0.4 is 5.32 Å². The fourth-order valence-corrected chi connectivity index (χ4v) is 3.95. The number of aromatic nitrogens is 3. The molecule has 2 atom stereocenters. The van der Waals surface area contributed by atoms with Gasteiger partial charge in [-0.05, 0) is 36.1 Å². The van der Waals surface area contributed by atoms with Gasteiger partial charge in [0.1, 0.15) is 6.17 Å². The lowest BCUT2D eigenvalue weighted by molar-refractivity contribution is 0.0748. The summed E-state index contributed by atoms with van der Waals surface area (Å²) >= 11 is 0. The number of fused-ring (bicyclic) bond motifs is 1. The number of alkyl halides is 1. The van der Waals surface area contributed by atoms with Gasteiger partial charge in [-0.25, -0.2) is 4.39 Å². The Labute approximate surface area is 169 Å². The van der Waals surface area contributed by atoms with E-state index in [0.29, 0.717) is 24.6 Å². The number of hydrogen-bond donors (Lipinski definition) is 2. The molecule has 4 rings (SSSR count). The third-order valence-electron chi connectivity index (χ3n) is 5.34. The number of H-pyrrole nitrogens is 1. The number of nitrogens with one attached hydrogen (secondary N) is 2. The number of carbonyl (C=O) groups is 1. The first-order valence-corrected chi connectivity index (χ1v) is 10.1. The smallest absolute Gasteiger partial charge is 0.272 e. The van der Waals surface area contributed by atoms with Gasteiger partial charge in [0, 0.05) is 43.0 Å². The summed E-state index contributed by atoms with van der Waals surface area (Å²) in [4.78, 5) is 19.1. The topological polar surface area (TPSA) is 73.9 Å². The van der Waals surface area contributed by atoms with Gasteiger partial charge in [-0.1, -0.05) is 26.0 Å². The summed E-state index contributed by atoms with van der Waals surface area (Å²) in [6, 6.07) is 9.12. The van der Waals surface area contributed by atoms with Crippen LogP contribution in [0.1, 0.15) is 30.8 Å². The number of nitrogens with zero attached hydrogens (tertiary/aromatic N) is 3. The summed E-state index contributed by atoms with van der Waals surface area (Å²) in [6.45, 7) is 6.28. The van der Waals surface area contributed by atoms with Crippen molar-refractivity contribution in [3.8, 4) is 11.1 Å². The first-order chi connectivity index (χ1) is 14.0. The zero-order valence-electron chi connectivity index (χ0n) is 16.7. The second-order valence-electron chi connectivity index (χ2n) is 8.11. The average Bonchev–Trinajstić information content (AvgIpc) is 3.13. The number of likely N-dealkylation sites (tertiary alicyclic amines) is 1. The number of pyridine rings is 1. The Hall–Kier alpha value is -2.80. The molecule has 0 spiro atoms. The Morgan fingerprint density at radius 3 is 2.93 bits per heavy atom. The van der Waals surface area contributed by atoms with Crippen LogP contribution in [-0.2, 0) is 0 Å². The third-order valence-corrected chi connectivity index (χ3v) is 5.34. The molecule has 0 unspecified atom stereocenters. The molecule has 1 aromatic carbocycles. The van der Waals surface area contributed by atoms with Crippen molar-refractivity contribution >= 4 is 16.8 Å². The summed E-state index contributed by atoms with van der Waals surface area (Å²) in [6.07, 6.45) is 3.02. The molecule has 6 nitrogen and oxygen atoms in total. The Morgan fingerprint density at radius 2 is 2.21 bits per heavy atom. The summed E-state index contributed by atoms with van der Waals surface area (Å²) in [5.41, 5.74) is 2.98. The van der Waals surface area contributed by atoms with E-state index in [4.69, 9.17) is 0 Å². The molecule has 0 aliphatic carbocycles. The van der Waals surface area contributed by atoms with Crippen molar-refractivity contribution in [1.29, 1.82) is 0 Å². The maximum Gasteiger partial charge on any atom is 0.272 e. The fourth-order valence-electron chi connectivity index (χ4n) is 3.95. The molecule has 1 aliphatic heterocycles. The SMILES string of the molecule is CC(C)CN1CC[C@H](NC(=O)c2n[nH]c3ccc(-c4cccnc4)cc23)[C@@H](F)C1. The molecule has 0 saturated carbocycles. The van der Waals surface area contributed by atoms with Crippen LogP contribution in [0, 0.1) is 5.92 Å². The van der Waals surface area contributed by atoms with Gasteiger partial charge >= 0.3 is 0 Å². The zero-order chi connectivity index (χ0) is 20.4. The predicted octanol–water partition coefficient (Wildman–Crippen LogP) is 3.42. The van der Waals surface area contributed by atoms with E-state index in [2.05, 4.69) is 39.2 Å². The molecule has 0 bridgehead atoms. The van der Waals surface area contributed by atoms with Crippen molar-refractivity contribution in [1.82, 2.24) is 25.4 Å². The molecule has 0 radical (unpaired) electrons. The normalized spacial score (nSPS) is 20.3. The maximum absolute atomic E-state index is 14.7. The molecule has 2 N–H and O–H groups in total. The van der Waals surface area contributed by atoms with E-state index in [0.717, 1.165) is 35.1 Å². The number of piperidine rings is 1. The van der Waals surface area contributed by atoms with Gasteiger partial charge in [-0.3, -0.25) is 14.9 Å². The number of hydrogen-bond acceptors (Lipinski definition) is 4. The molecule has 1 amide bonds. The van der Waals surface area contributed by atoms with E-state index in [1.807, 2.05) is 30.3 Å². The quantitative estimate of drug-likeness (QED) is 0.694. The van der Waals surface area contributed by atoms with Crippen LogP contribution in [-0.4, -0.2) is 57.8 Å². The Balaban J connectivity index is 1.50. The molecule has 152 valence electrons. The fraction of sp³-hybridized carbons (Fsp3) is 0.409. The zero-order valence-corrected chi connectivity index (χ0v) is 16.7. The molecular formula is C22H26FN5O. The largest absolute Gasteiger partial charge is 0.345 e. The maximum atomic E-state index is 14.7. The second-order valence-corrected chi connectivity index (χ2v) is 8.11. The predicted molar refractivity (Wildman–Crippen MR) is 111 cm³/mol. The number of halogens is 1. The highest BCUT2D eigenvalue weighted by Gasteiger charge is 2.31. The number of aromatic amines is 1. The minimum absolute atomic E-state index is 0.294. The molecule has 7 heteroatoms. The molecule has 3 heterocycles. The molecule has 29 heavy (non-hydrogen) atoms. The number of rotatable bonds is 5. The molecule has 1 saturated heterocycles. The molecule has 2 aromatic heterocycles. The van der Waals surface area contributed by atoms with Gasteiger partial charge in [0.15, 0.2) is 5.69 Å². The van der Waals surface area contributed by atoms with Gasteiger partial charge in [0.2, 0.25) is 0 Å². The third kappa shape index (κ3) is 4.29. The number of benzene rings is 1.